The Labute approximate surface area is 74.2 Å². The minimum Gasteiger partial charge on any atom is -0.436 e. The monoisotopic (exact) mass is 179 g/mol. The van der Waals surface area contributed by atoms with Gasteiger partial charge in [-0.05, 0) is 12.1 Å². The summed E-state index contributed by atoms with van der Waals surface area (Å²) in [4.78, 5) is 7.94. The molecule has 2 aromatic rings. The molecule has 0 saturated heterocycles. The Morgan fingerprint density at radius 1 is 1.62 bits per heavy atom. The standard InChI is InChI=1S/C8H9N3O2/c9-4-5(12)8-11-7-6(13-8)2-1-3-10-7/h1-3,5,12H,4,9H2. The Balaban J connectivity index is 2.49. The average molecular weight is 179 g/mol. The summed E-state index contributed by atoms with van der Waals surface area (Å²) in [7, 11) is 0. The molecule has 0 amide bonds. The number of aliphatic hydroxyl groups is 1. The van der Waals surface area contributed by atoms with E-state index in [2.05, 4.69) is 9.97 Å². The van der Waals surface area contributed by atoms with Crippen molar-refractivity contribution in [2.45, 2.75) is 6.10 Å². The molecule has 0 radical (unpaired) electrons. The molecule has 1 unspecified atom stereocenters. The van der Waals surface area contributed by atoms with Crippen molar-refractivity contribution in [2.75, 3.05) is 6.54 Å². The highest BCUT2D eigenvalue weighted by Crippen LogP contribution is 2.16. The fourth-order valence-corrected chi connectivity index (χ4v) is 1.03. The number of hydrogen-bond donors (Lipinski definition) is 2. The van der Waals surface area contributed by atoms with E-state index in [1.165, 1.54) is 0 Å². The van der Waals surface area contributed by atoms with E-state index in [-0.39, 0.29) is 12.4 Å². The van der Waals surface area contributed by atoms with Gasteiger partial charge in [-0.3, -0.25) is 0 Å². The van der Waals surface area contributed by atoms with Gasteiger partial charge < -0.3 is 15.3 Å². The zero-order valence-corrected chi connectivity index (χ0v) is 6.84. The predicted molar refractivity (Wildman–Crippen MR) is 45.8 cm³/mol. The molecule has 0 fully saturated rings. The van der Waals surface area contributed by atoms with Gasteiger partial charge in [-0.1, -0.05) is 0 Å². The normalized spacial score (nSPS) is 13.4. The van der Waals surface area contributed by atoms with Crippen LogP contribution >= 0.6 is 0 Å². The topological polar surface area (TPSA) is 85.2 Å². The third kappa shape index (κ3) is 1.39. The molecular weight excluding hydrogens is 170 g/mol. The highest BCUT2D eigenvalue weighted by Gasteiger charge is 2.13. The lowest BCUT2D eigenvalue weighted by molar-refractivity contribution is 0.154. The van der Waals surface area contributed by atoms with Crippen LogP contribution in [0, 0.1) is 0 Å². The maximum atomic E-state index is 9.32. The molecule has 0 bridgehead atoms. The molecule has 68 valence electrons. The van der Waals surface area contributed by atoms with Crippen LogP contribution in [0.4, 0.5) is 0 Å². The zero-order chi connectivity index (χ0) is 9.26. The quantitative estimate of drug-likeness (QED) is 0.688. The zero-order valence-electron chi connectivity index (χ0n) is 6.84. The molecule has 0 saturated carbocycles. The van der Waals surface area contributed by atoms with Crippen molar-refractivity contribution in [1.29, 1.82) is 0 Å². The van der Waals surface area contributed by atoms with Gasteiger partial charge in [0.2, 0.25) is 5.89 Å². The summed E-state index contributed by atoms with van der Waals surface area (Å²) in [6.45, 7) is 0.0901. The van der Waals surface area contributed by atoms with Gasteiger partial charge in [0.25, 0.3) is 0 Å². The second kappa shape index (κ2) is 3.12. The van der Waals surface area contributed by atoms with Gasteiger partial charge in [-0.15, -0.1) is 0 Å². The first-order valence-corrected chi connectivity index (χ1v) is 3.91. The maximum Gasteiger partial charge on any atom is 0.227 e. The van der Waals surface area contributed by atoms with Crippen molar-refractivity contribution in [3.63, 3.8) is 0 Å². The van der Waals surface area contributed by atoms with E-state index in [1.807, 2.05) is 0 Å². The number of nitrogens with two attached hydrogens (primary N) is 1. The summed E-state index contributed by atoms with van der Waals surface area (Å²) in [5.74, 6) is 0.219. The Morgan fingerprint density at radius 3 is 3.15 bits per heavy atom. The van der Waals surface area contributed by atoms with Crippen molar-refractivity contribution >= 4 is 11.2 Å². The minimum atomic E-state index is -0.853. The summed E-state index contributed by atoms with van der Waals surface area (Å²) >= 11 is 0. The van der Waals surface area contributed by atoms with Crippen LogP contribution in [-0.2, 0) is 0 Å². The van der Waals surface area contributed by atoms with E-state index in [1.54, 1.807) is 18.3 Å². The number of oxazole rings is 1. The summed E-state index contributed by atoms with van der Waals surface area (Å²) in [6, 6.07) is 3.48. The maximum absolute atomic E-state index is 9.32. The van der Waals surface area contributed by atoms with Crippen LogP contribution in [0.25, 0.3) is 11.2 Å². The van der Waals surface area contributed by atoms with E-state index >= 15 is 0 Å². The molecule has 2 heterocycles. The molecule has 0 spiro atoms. The van der Waals surface area contributed by atoms with E-state index < -0.39 is 6.10 Å². The summed E-state index contributed by atoms with van der Waals surface area (Å²) in [5, 5.41) is 9.32. The Kier molecular flexibility index (Phi) is 1.96. The van der Waals surface area contributed by atoms with Crippen LogP contribution in [0.1, 0.15) is 12.0 Å². The first kappa shape index (κ1) is 8.15. The molecular formula is C8H9N3O2. The van der Waals surface area contributed by atoms with Crippen molar-refractivity contribution in [2.24, 2.45) is 5.73 Å². The van der Waals surface area contributed by atoms with E-state index in [4.69, 9.17) is 10.2 Å². The molecule has 5 nitrogen and oxygen atoms in total. The lowest BCUT2D eigenvalue weighted by Crippen LogP contribution is -2.11. The van der Waals surface area contributed by atoms with Crippen molar-refractivity contribution in [3.8, 4) is 0 Å². The third-order valence-corrected chi connectivity index (χ3v) is 1.69. The van der Waals surface area contributed by atoms with Crippen LogP contribution in [0.3, 0.4) is 0 Å². The van der Waals surface area contributed by atoms with Gasteiger partial charge in [0.1, 0.15) is 6.10 Å². The van der Waals surface area contributed by atoms with Crippen LogP contribution in [0.5, 0.6) is 0 Å². The Bertz CT molecular complexity index is 379. The number of rotatable bonds is 2. The lowest BCUT2D eigenvalue weighted by atomic mass is 10.4. The molecule has 2 aromatic heterocycles. The molecule has 0 aliphatic rings. The number of pyridine rings is 1. The minimum absolute atomic E-state index is 0.0901. The molecule has 1 atom stereocenters. The fourth-order valence-electron chi connectivity index (χ4n) is 1.03. The molecule has 3 N–H and O–H groups in total. The van der Waals surface area contributed by atoms with E-state index in [9.17, 15) is 5.11 Å². The SMILES string of the molecule is NCC(O)c1nc2ncccc2o1. The summed E-state index contributed by atoms with van der Waals surface area (Å²) < 4.78 is 5.22. The number of aliphatic hydroxyl groups excluding tert-OH is 1. The molecule has 13 heavy (non-hydrogen) atoms. The highest BCUT2D eigenvalue weighted by molar-refractivity contribution is 5.66. The van der Waals surface area contributed by atoms with Crippen LogP contribution in [-0.4, -0.2) is 21.6 Å². The molecule has 0 aliphatic heterocycles. The van der Waals surface area contributed by atoms with Gasteiger partial charge in [0.05, 0.1) is 0 Å². The van der Waals surface area contributed by atoms with Gasteiger partial charge in [-0.25, -0.2) is 4.98 Å². The molecule has 5 heteroatoms. The van der Waals surface area contributed by atoms with Gasteiger partial charge in [0.15, 0.2) is 11.2 Å². The Morgan fingerprint density at radius 2 is 2.46 bits per heavy atom. The lowest BCUT2D eigenvalue weighted by Gasteiger charge is -1.98. The third-order valence-electron chi connectivity index (χ3n) is 1.69. The van der Waals surface area contributed by atoms with Crippen molar-refractivity contribution < 1.29 is 9.52 Å². The van der Waals surface area contributed by atoms with Crippen molar-refractivity contribution in [1.82, 2.24) is 9.97 Å². The number of aromatic nitrogens is 2. The average Bonchev–Trinajstić information content (AvgIpc) is 2.59. The number of fused-ring (bicyclic) bond motifs is 1. The predicted octanol–water partition coefficient (Wildman–Crippen LogP) is 0.215. The van der Waals surface area contributed by atoms with E-state index in [0.29, 0.717) is 11.2 Å². The first-order chi connectivity index (χ1) is 6.31. The first-order valence-electron chi connectivity index (χ1n) is 3.91. The summed E-state index contributed by atoms with van der Waals surface area (Å²) in [6.07, 6.45) is 0.762. The van der Waals surface area contributed by atoms with Gasteiger partial charge >= 0.3 is 0 Å². The van der Waals surface area contributed by atoms with Gasteiger partial charge in [-0.2, -0.15) is 4.98 Å². The van der Waals surface area contributed by atoms with Gasteiger partial charge in [0, 0.05) is 12.7 Å². The summed E-state index contributed by atoms with van der Waals surface area (Å²) in [5.41, 5.74) is 6.31. The van der Waals surface area contributed by atoms with E-state index in [0.717, 1.165) is 0 Å². The number of hydrogen-bond acceptors (Lipinski definition) is 5. The Hall–Kier alpha value is -1.46. The molecule has 0 aromatic carbocycles. The molecule has 0 aliphatic carbocycles. The van der Waals surface area contributed by atoms with Crippen molar-refractivity contribution in [3.05, 3.63) is 24.2 Å². The van der Waals surface area contributed by atoms with Crippen LogP contribution in [0.2, 0.25) is 0 Å². The largest absolute Gasteiger partial charge is 0.436 e. The number of nitrogens with zero attached hydrogens (tertiary/aromatic N) is 2. The fraction of sp³-hybridized carbons (Fsp3) is 0.250. The smallest absolute Gasteiger partial charge is 0.227 e. The highest BCUT2D eigenvalue weighted by atomic mass is 16.4. The molecule has 2 rings (SSSR count). The van der Waals surface area contributed by atoms with Crippen LogP contribution in [0.15, 0.2) is 22.7 Å². The van der Waals surface area contributed by atoms with Crippen LogP contribution < -0.4 is 5.73 Å². The second-order valence-electron chi connectivity index (χ2n) is 2.63. The second-order valence-corrected chi connectivity index (χ2v) is 2.63.